The number of anilines is 1. The largest absolute Gasteiger partial charge is 0.433 e. The third-order valence-electron chi connectivity index (χ3n) is 3.74. The van der Waals surface area contributed by atoms with E-state index in [9.17, 15) is 18.0 Å². The topological polar surface area (TPSA) is 59.0 Å². The van der Waals surface area contributed by atoms with Crippen molar-refractivity contribution in [1.82, 2.24) is 15.1 Å². The van der Waals surface area contributed by atoms with E-state index >= 15 is 0 Å². The number of nitrogens with one attached hydrogen (secondary N) is 2. The third kappa shape index (κ3) is 3.88. The van der Waals surface area contributed by atoms with Gasteiger partial charge in [0.1, 0.15) is 5.69 Å². The van der Waals surface area contributed by atoms with Crippen LogP contribution in [0.5, 0.6) is 0 Å². The maximum Gasteiger partial charge on any atom is 0.433 e. The summed E-state index contributed by atoms with van der Waals surface area (Å²) in [6.45, 7) is 1.46. The summed E-state index contributed by atoms with van der Waals surface area (Å²) in [4.78, 5) is 12.0. The lowest BCUT2D eigenvalue weighted by atomic mass is 10.1. The highest BCUT2D eigenvalue weighted by molar-refractivity contribution is 5.93. The molecule has 1 saturated heterocycles. The Hall–Kier alpha value is -2.06. The Bertz CT molecular complexity index is 693. The number of carbonyl (C=O) groups excluding carboxylic acids is 1. The van der Waals surface area contributed by atoms with Crippen LogP contribution in [0.4, 0.5) is 18.9 Å². The lowest BCUT2D eigenvalue weighted by Gasteiger charge is -2.12. The van der Waals surface area contributed by atoms with Gasteiger partial charge in [-0.2, -0.15) is 18.3 Å². The van der Waals surface area contributed by atoms with Gasteiger partial charge < -0.3 is 10.6 Å². The van der Waals surface area contributed by atoms with Crippen LogP contribution in [0.2, 0.25) is 0 Å². The average Bonchev–Trinajstić information content (AvgIpc) is 3.19. The molecule has 1 amide bonds. The molecule has 0 saturated carbocycles. The van der Waals surface area contributed by atoms with Crippen molar-refractivity contribution in [2.45, 2.75) is 12.6 Å². The summed E-state index contributed by atoms with van der Waals surface area (Å²) in [5.74, 6) is -0.157. The molecule has 1 aromatic carbocycles. The standard InChI is InChI=1S/C15H15F3N4O.ClH/c16-15(17,18)13-6-8-20-22(13)12-3-1-11(2-4-12)21-14(23)10-5-7-19-9-10;/h1-4,6,8,10,19H,5,7,9H2,(H,21,23);1H. The Morgan fingerprint density at radius 2 is 1.96 bits per heavy atom. The van der Waals surface area contributed by atoms with E-state index in [2.05, 4.69) is 15.7 Å². The molecule has 3 rings (SSSR count). The molecule has 130 valence electrons. The summed E-state index contributed by atoms with van der Waals surface area (Å²) >= 11 is 0. The summed E-state index contributed by atoms with van der Waals surface area (Å²) in [6.07, 6.45) is -2.59. The zero-order valence-corrected chi connectivity index (χ0v) is 13.3. The first-order valence-corrected chi connectivity index (χ1v) is 7.18. The first-order valence-electron chi connectivity index (χ1n) is 7.18. The van der Waals surface area contributed by atoms with Gasteiger partial charge >= 0.3 is 6.18 Å². The van der Waals surface area contributed by atoms with E-state index in [1.807, 2.05) is 0 Å². The van der Waals surface area contributed by atoms with Gasteiger partial charge in [-0.05, 0) is 43.3 Å². The van der Waals surface area contributed by atoms with Gasteiger partial charge in [-0.15, -0.1) is 12.4 Å². The number of alkyl halides is 3. The van der Waals surface area contributed by atoms with Gasteiger partial charge in [0.25, 0.3) is 0 Å². The molecule has 1 unspecified atom stereocenters. The van der Waals surface area contributed by atoms with Crippen molar-refractivity contribution in [2.75, 3.05) is 18.4 Å². The van der Waals surface area contributed by atoms with Crippen LogP contribution in [0.1, 0.15) is 12.1 Å². The normalized spacial score (nSPS) is 17.4. The summed E-state index contributed by atoms with van der Waals surface area (Å²) in [6, 6.07) is 7.03. The molecule has 0 radical (unpaired) electrons. The number of hydrogen-bond donors (Lipinski definition) is 2. The molecule has 24 heavy (non-hydrogen) atoms. The second-order valence-electron chi connectivity index (χ2n) is 5.35. The number of amides is 1. The molecule has 9 heteroatoms. The molecule has 1 atom stereocenters. The molecule has 2 heterocycles. The summed E-state index contributed by atoms with van der Waals surface area (Å²) in [5.41, 5.74) is -0.0134. The quantitative estimate of drug-likeness (QED) is 0.885. The van der Waals surface area contributed by atoms with Crippen LogP contribution >= 0.6 is 12.4 Å². The lowest BCUT2D eigenvalue weighted by molar-refractivity contribution is -0.142. The first-order chi connectivity index (χ1) is 10.9. The molecule has 0 bridgehead atoms. The van der Waals surface area contributed by atoms with Crippen molar-refractivity contribution in [3.8, 4) is 5.69 Å². The summed E-state index contributed by atoms with van der Waals surface area (Å²) in [7, 11) is 0. The van der Waals surface area contributed by atoms with Gasteiger partial charge in [0.15, 0.2) is 0 Å². The summed E-state index contributed by atoms with van der Waals surface area (Å²) in [5, 5.41) is 9.59. The van der Waals surface area contributed by atoms with E-state index in [1.165, 1.54) is 12.1 Å². The van der Waals surface area contributed by atoms with Crippen LogP contribution in [0.15, 0.2) is 36.5 Å². The molecule has 1 fully saturated rings. The second-order valence-corrected chi connectivity index (χ2v) is 5.35. The Kier molecular flexibility index (Phi) is 5.51. The number of aromatic nitrogens is 2. The van der Waals surface area contributed by atoms with E-state index < -0.39 is 11.9 Å². The van der Waals surface area contributed by atoms with Crippen molar-refractivity contribution >= 4 is 24.0 Å². The van der Waals surface area contributed by atoms with Gasteiger partial charge in [0, 0.05) is 12.2 Å². The van der Waals surface area contributed by atoms with Crippen molar-refractivity contribution in [3.05, 3.63) is 42.2 Å². The Labute approximate surface area is 142 Å². The number of carbonyl (C=O) groups is 1. The second kappa shape index (κ2) is 7.23. The van der Waals surface area contributed by atoms with Gasteiger partial charge in [0.05, 0.1) is 17.8 Å². The van der Waals surface area contributed by atoms with Gasteiger partial charge in [-0.1, -0.05) is 0 Å². The monoisotopic (exact) mass is 360 g/mol. The van der Waals surface area contributed by atoms with Crippen LogP contribution in [-0.2, 0) is 11.0 Å². The highest BCUT2D eigenvalue weighted by Crippen LogP contribution is 2.30. The minimum Gasteiger partial charge on any atom is -0.326 e. The molecule has 2 aromatic rings. The zero-order valence-electron chi connectivity index (χ0n) is 12.5. The highest BCUT2D eigenvalue weighted by Gasteiger charge is 2.35. The molecule has 5 nitrogen and oxygen atoms in total. The predicted molar refractivity (Wildman–Crippen MR) is 85.4 cm³/mol. The molecule has 2 N–H and O–H groups in total. The van der Waals surface area contributed by atoms with Crippen molar-refractivity contribution in [3.63, 3.8) is 0 Å². The summed E-state index contributed by atoms with van der Waals surface area (Å²) < 4.78 is 39.4. The molecule has 0 spiro atoms. The average molecular weight is 361 g/mol. The number of nitrogens with zero attached hydrogens (tertiary/aromatic N) is 2. The molecule has 1 aromatic heterocycles. The first kappa shape index (κ1) is 18.3. The maximum absolute atomic E-state index is 12.9. The third-order valence-corrected chi connectivity index (χ3v) is 3.74. The van der Waals surface area contributed by atoms with Gasteiger partial charge in [-0.25, -0.2) is 4.68 Å². The molecule has 1 aliphatic heterocycles. The number of halogens is 4. The van der Waals surface area contributed by atoms with Crippen LogP contribution in [0.3, 0.4) is 0 Å². The predicted octanol–water partition coefficient (Wildman–Crippen LogP) is 2.86. The Balaban J connectivity index is 0.00000208. The molecule has 0 aliphatic carbocycles. The van der Waals surface area contributed by atoms with Crippen molar-refractivity contribution < 1.29 is 18.0 Å². The minimum atomic E-state index is -4.47. The fourth-order valence-electron chi connectivity index (χ4n) is 2.53. The van der Waals surface area contributed by atoms with Crippen LogP contribution in [-0.4, -0.2) is 28.8 Å². The van der Waals surface area contributed by atoms with Crippen molar-refractivity contribution in [2.24, 2.45) is 5.92 Å². The number of rotatable bonds is 3. The maximum atomic E-state index is 12.9. The minimum absolute atomic E-state index is 0. The zero-order chi connectivity index (χ0) is 16.4. The number of hydrogen-bond acceptors (Lipinski definition) is 3. The fraction of sp³-hybridized carbons (Fsp3) is 0.333. The van der Waals surface area contributed by atoms with Gasteiger partial charge in [0.2, 0.25) is 5.91 Å². The van der Waals surface area contributed by atoms with E-state index in [1.54, 1.807) is 12.1 Å². The van der Waals surface area contributed by atoms with Crippen molar-refractivity contribution in [1.29, 1.82) is 0 Å². The molecular formula is C15H16ClF3N4O. The SMILES string of the molecule is Cl.O=C(Nc1ccc(-n2nccc2C(F)(F)F)cc1)C1CCNC1. The molecular weight excluding hydrogens is 345 g/mol. The lowest BCUT2D eigenvalue weighted by Crippen LogP contribution is -2.24. The van der Waals surface area contributed by atoms with E-state index in [0.29, 0.717) is 12.2 Å². The Morgan fingerprint density at radius 3 is 2.54 bits per heavy atom. The van der Waals surface area contributed by atoms with Gasteiger partial charge in [-0.3, -0.25) is 4.79 Å². The van der Waals surface area contributed by atoms with Crippen LogP contribution in [0, 0.1) is 5.92 Å². The highest BCUT2D eigenvalue weighted by atomic mass is 35.5. The smallest absolute Gasteiger partial charge is 0.326 e. The van der Waals surface area contributed by atoms with E-state index in [-0.39, 0.29) is 29.9 Å². The van der Waals surface area contributed by atoms with E-state index in [4.69, 9.17) is 0 Å². The number of benzene rings is 1. The fourth-order valence-corrected chi connectivity index (χ4v) is 2.53. The van der Waals surface area contributed by atoms with Crippen LogP contribution < -0.4 is 10.6 Å². The van der Waals surface area contributed by atoms with Crippen LogP contribution in [0.25, 0.3) is 5.69 Å². The molecule has 1 aliphatic rings. The Morgan fingerprint density at radius 1 is 1.25 bits per heavy atom. The van der Waals surface area contributed by atoms with E-state index in [0.717, 1.165) is 29.9 Å².